The van der Waals surface area contributed by atoms with Gasteiger partial charge in [0.2, 0.25) is 0 Å². The van der Waals surface area contributed by atoms with Gasteiger partial charge in [0.15, 0.2) is 0 Å². The third kappa shape index (κ3) is 3.67. The first-order valence-corrected chi connectivity index (χ1v) is 8.78. The maximum atomic E-state index is 12.2. The number of benzene rings is 2. The van der Waals surface area contributed by atoms with Gasteiger partial charge in [0.25, 0.3) is 0 Å². The molecule has 0 aliphatic rings. The minimum atomic E-state index is -0.264. The van der Waals surface area contributed by atoms with E-state index in [0.29, 0.717) is 0 Å². The van der Waals surface area contributed by atoms with Crippen molar-refractivity contribution >= 4 is 23.1 Å². The number of carbonyl (C=O) groups excluding carboxylic acids is 1. The number of amides is 2. The second kappa shape index (κ2) is 6.96. The molecule has 0 saturated heterocycles. The average Bonchev–Trinajstić information content (AvgIpc) is 3.07. The number of nitrogens with one attached hydrogen (secondary N) is 2. The Morgan fingerprint density at radius 1 is 0.963 bits per heavy atom. The fourth-order valence-electron chi connectivity index (χ4n) is 2.94. The van der Waals surface area contributed by atoms with Gasteiger partial charge in [0.1, 0.15) is 5.65 Å². The number of urea groups is 1. The maximum absolute atomic E-state index is 12.2. The van der Waals surface area contributed by atoms with Gasteiger partial charge in [-0.3, -0.25) is 0 Å². The Morgan fingerprint density at radius 3 is 2.52 bits per heavy atom. The first-order chi connectivity index (χ1) is 13.1. The van der Waals surface area contributed by atoms with Crippen LogP contribution in [0.1, 0.15) is 11.1 Å². The van der Waals surface area contributed by atoms with Crippen molar-refractivity contribution < 1.29 is 4.79 Å². The van der Waals surface area contributed by atoms with Crippen LogP contribution in [0.25, 0.3) is 16.9 Å². The van der Waals surface area contributed by atoms with Crippen molar-refractivity contribution in [1.82, 2.24) is 9.38 Å². The number of hydrogen-bond donors (Lipinski definition) is 2. The number of imidazole rings is 1. The molecule has 2 amide bonds. The molecule has 5 heteroatoms. The highest BCUT2D eigenvalue weighted by Gasteiger charge is 2.07. The zero-order valence-corrected chi connectivity index (χ0v) is 15.2. The predicted octanol–water partition coefficient (Wildman–Crippen LogP) is 5.26. The Hall–Kier alpha value is -3.60. The molecule has 27 heavy (non-hydrogen) atoms. The number of anilines is 2. The molecule has 4 aromatic rings. The number of rotatable bonds is 3. The van der Waals surface area contributed by atoms with E-state index in [-0.39, 0.29) is 6.03 Å². The van der Waals surface area contributed by atoms with Gasteiger partial charge in [0, 0.05) is 29.3 Å². The molecular formula is C22H20N4O. The molecular weight excluding hydrogens is 336 g/mol. The van der Waals surface area contributed by atoms with Gasteiger partial charge in [-0.25, -0.2) is 9.78 Å². The zero-order chi connectivity index (χ0) is 18.8. The molecule has 134 valence electrons. The summed E-state index contributed by atoms with van der Waals surface area (Å²) in [5.41, 5.74) is 6.54. The Labute approximate surface area is 157 Å². The van der Waals surface area contributed by atoms with E-state index in [2.05, 4.69) is 34.7 Å². The van der Waals surface area contributed by atoms with Crippen LogP contribution in [0.2, 0.25) is 0 Å². The van der Waals surface area contributed by atoms with Crippen LogP contribution in [0.15, 0.2) is 73.1 Å². The van der Waals surface area contributed by atoms with Gasteiger partial charge in [-0.2, -0.15) is 0 Å². The molecule has 0 spiro atoms. The average molecular weight is 356 g/mol. The molecule has 0 saturated carbocycles. The number of aryl methyl sites for hydroxylation is 2. The number of carbonyl (C=O) groups is 1. The van der Waals surface area contributed by atoms with Gasteiger partial charge in [-0.15, -0.1) is 0 Å². The van der Waals surface area contributed by atoms with Crippen molar-refractivity contribution in [2.45, 2.75) is 13.8 Å². The molecule has 0 fully saturated rings. The summed E-state index contributed by atoms with van der Waals surface area (Å²) in [6.07, 6.45) is 4.01. The van der Waals surface area contributed by atoms with Crippen LogP contribution in [0, 0.1) is 13.8 Å². The molecule has 0 aliphatic carbocycles. The largest absolute Gasteiger partial charge is 0.323 e. The first kappa shape index (κ1) is 16.8. The monoisotopic (exact) mass is 356 g/mol. The molecule has 0 aliphatic heterocycles. The number of aromatic nitrogens is 2. The van der Waals surface area contributed by atoms with E-state index in [4.69, 9.17) is 0 Å². The lowest BCUT2D eigenvalue weighted by Gasteiger charge is -2.10. The Bertz CT molecular complexity index is 1110. The second-order valence-corrected chi connectivity index (χ2v) is 6.57. The van der Waals surface area contributed by atoms with Crippen molar-refractivity contribution in [2.75, 3.05) is 10.6 Å². The summed E-state index contributed by atoms with van der Waals surface area (Å²) in [6.45, 7) is 4.01. The van der Waals surface area contributed by atoms with E-state index in [9.17, 15) is 4.79 Å². The number of pyridine rings is 1. The third-order valence-electron chi connectivity index (χ3n) is 4.45. The Balaban J connectivity index is 1.48. The molecule has 0 atom stereocenters. The summed E-state index contributed by atoms with van der Waals surface area (Å²) in [6, 6.07) is 19.2. The number of nitrogens with zero attached hydrogens (tertiary/aromatic N) is 2. The zero-order valence-electron chi connectivity index (χ0n) is 15.2. The lowest BCUT2D eigenvalue weighted by atomic mass is 10.1. The van der Waals surface area contributed by atoms with Crippen LogP contribution in [-0.2, 0) is 0 Å². The fraction of sp³-hybridized carbons (Fsp3) is 0.0909. The summed E-state index contributed by atoms with van der Waals surface area (Å²) >= 11 is 0. The standard InChI is InChI=1S/C22H20N4O/c1-15-11-12-26-14-20(24-21(26)13-15)17-7-9-18(10-8-17)23-22(27)25-19-6-4-3-5-16(19)2/h3-14H,1-2H3,(H2,23,25,27). The second-order valence-electron chi connectivity index (χ2n) is 6.57. The molecule has 2 aromatic heterocycles. The Morgan fingerprint density at radius 2 is 1.74 bits per heavy atom. The van der Waals surface area contributed by atoms with E-state index in [1.165, 1.54) is 5.56 Å². The molecule has 0 radical (unpaired) electrons. The van der Waals surface area contributed by atoms with E-state index >= 15 is 0 Å². The topological polar surface area (TPSA) is 58.4 Å². The fourth-order valence-corrected chi connectivity index (χ4v) is 2.94. The lowest BCUT2D eigenvalue weighted by Crippen LogP contribution is -2.19. The molecule has 4 rings (SSSR count). The quantitative estimate of drug-likeness (QED) is 0.526. The molecule has 0 bridgehead atoms. The van der Waals surface area contributed by atoms with Crippen molar-refractivity contribution in [3.05, 3.63) is 84.2 Å². The first-order valence-electron chi connectivity index (χ1n) is 8.78. The van der Waals surface area contributed by atoms with E-state index in [1.807, 2.05) is 72.2 Å². The molecule has 2 N–H and O–H groups in total. The number of fused-ring (bicyclic) bond motifs is 1. The van der Waals surface area contributed by atoms with Gasteiger partial charge in [-0.05, 0) is 55.3 Å². The van der Waals surface area contributed by atoms with Crippen molar-refractivity contribution in [1.29, 1.82) is 0 Å². The molecule has 5 nitrogen and oxygen atoms in total. The predicted molar refractivity (Wildman–Crippen MR) is 109 cm³/mol. The number of para-hydroxylation sites is 1. The van der Waals surface area contributed by atoms with Crippen LogP contribution in [0.3, 0.4) is 0 Å². The van der Waals surface area contributed by atoms with Crippen LogP contribution in [0.4, 0.5) is 16.2 Å². The van der Waals surface area contributed by atoms with Crippen LogP contribution < -0.4 is 10.6 Å². The van der Waals surface area contributed by atoms with Crippen LogP contribution >= 0.6 is 0 Å². The van der Waals surface area contributed by atoms with Gasteiger partial charge < -0.3 is 15.0 Å². The molecule has 2 heterocycles. The maximum Gasteiger partial charge on any atom is 0.323 e. The molecule has 0 unspecified atom stereocenters. The normalized spacial score (nSPS) is 10.7. The van der Waals surface area contributed by atoms with Gasteiger partial charge in [0.05, 0.1) is 5.69 Å². The highest BCUT2D eigenvalue weighted by molar-refractivity contribution is 6.00. The summed E-state index contributed by atoms with van der Waals surface area (Å²) in [5, 5.41) is 5.72. The smallest absolute Gasteiger partial charge is 0.308 e. The van der Waals surface area contributed by atoms with E-state index < -0.39 is 0 Å². The highest BCUT2D eigenvalue weighted by atomic mass is 16.2. The van der Waals surface area contributed by atoms with Crippen LogP contribution in [0.5, 0.6) is 0 Å². The Kier molecular flexibility index (Phi) is 4.34. The van der Waals surface area contributed by atoms with Crippen molar-refractivity contribution in [2.24, 2.45) is 0 Å². The van der Waals surface area contributed by atoms with E-state index in [0.717, 1.165) is 33.8 Å². The number of hydrogen-bond acceptors (Lipinski definition) is 2. The SMILES string of the molecule is Cc1ccn2cc(-c3ccc(NC(=O)Nc4ccccc4C)cc3)nc2c1. The minimum absolute atomic E-state index is 0.264. The van der Waals surface area contributed by atoms with Gasteiger partial charge >= 0.3 is 6.03 Å². The highest BCUT2D eigenvalue weighted by Crippen LogP contribution is 2.22. The van der Waals surface area contributed by atoms with Gasteiger partial charge in [-0.1, -0.05) is 30.3 Å². The van der Waals surface area contributed by atoms with E-state index in [1.54, 1.807) is 0 Å². The van der Waals surface area contributed by atoms with Crippen molar-refractivity contribution in [3.8, 4) is 11.3 Å². The summed E-state index contributed by atoms with van der Waals surface area (Å²) in [7, 11) is 0. The minimum Gasteiger partial charge on any atom is -0.308 e. The molecule has 2 aromatic carbocycles. The van der Waals surface area contributed by atoms with Crippen LogP contribution in [-0.4, -0.2) is 15.4 Å². The van der Waals surface area contributed by atoms with Crippen molar-refractivity contribution in [3.63, 3.8) is 0 Å². The third-order valence-corrected chi connectivity index (χ3v) is 4.45. The summed E-state index contributed by atoms with van der Waals surface area (Å²) in [5.74, 6) is 0. The summed E-state index contributed by atoms with van der Waals surface area (Å²) < 4.78 is 2.00. The summed E-state index contributed by atoms with van der Waals surface area (Å²) in [4.78, 5) is 16.9. The lowest BCUT2D eigenvalue weighted by molar-refractivity contribution is 0.262.